The van der Waals surface area contributed by atoms with Gasteiger partial charge in [-0.15, -0.1) is 12.4 Å². The van der Waals surface area contributed by atoms with Gasteiger partial charge in [-0.1, -0.05) is 30.3 Å². The lowest BCUT2D eigenvalue weighted by Gasteiger charge is -2.35. The van der Waals surface area contributed by atoms with Crippen LogP contribution in [0.15, 0.2) is 59.5 Å². The van der Waals surface area contributed by atoms with E-state index in [4.69, 9.17) is 5.73 Å². The van der Waals surface area contributed by atoms with Gasteiger partial charge in [0.2, 0.25) is 15.9 Å². The second-order valence-electron chi connectivity index (χ2n) is 6.07. The number of carbonyl (C=O) groups is 1. The van der Waals surface area contributed by atoms with E-state index < -0.39 is 21.9 Å². The van der Waals surface area contributed by atoms with E-state index in [1.54, 1.807) is 17.0 Å². The fourth-order valence-electron chi connectivity index (χ4n) is 2.90. The highest BCUT2D eigenvalue weighted by molar-refractivity contribution is 7.89. The van der Waals surface area contributed by atoms with E-state index in [1.165, 1.54) is 16.4 Å². The number of sulfonamides is 1. The van der Waals surface area contributed by atoms with Crippen molar-refractivity contribution in [1.82, 2.24) is 9.21 Å². The number of piperazine rings is 1. The Labute approximate surface area is 164 Å². The molecule has 146 valence electrons. The molecule has 2 aromatic rings. The SMILES string of the molecule is Cl.NC(C(=O)N1CCN(S(=O)(=O)c2ccc(F)cc2)CC1)c1ccccc1. The van der Waals surface area contributed by atoms with Crippen molar-refractivity contribution < 1.29 is 17.6 Å². The molecule has 0 aromatic heterocycles. The van der Waals surface area contributed by atoms with Gasteiger partial charge in [-0.25, -0.2) is 12.8 Å². The van der Waals surface area contributed by atoms with Crippen LogP contribution in [0.2, 0.25) is 0 Å². The summed E-state index contributed by atoms with van der Waals surface area (Å²) in [5.41, 5.74) is 6.76. The molecular weight excluding hydrogens is 393 g/mol. The number of hydrogen-bond donors (Lipinski definition) is 1. The summed E-state index contributed by atoms with van der Waals surface area (Å²) in [5, 5.41) is 0. The van der Waals surface area contributed by atoms with Crippen molar-refractivity contribution in [1.29, 1.82) is 0 Å². The van der Waals surface area contributed by atoms with Crippen LogP contribution in [0.5, 0.6) is 0 Å². The Morgan fingerprint density at radius 2 is 1.52 bits per heavy atom. The second-order valence-corrected chi connectivity index (χ2v) is 8.01. The Morgan fingerprint density at radius 3 is 2.07 bits per heavy atom. The molecule has 3 rings (SSSR count). The van der Waals surface area contributed by atoms with Crippen LogP contribution in [0.4, 0.5) is 4.39 Å². The first-order valence-corrected chi connectivity index (χ1v) is 9.68. The molecule has 1 aliphatic heterocycles. The minimum absolute atomic E-state index is 0. The maximum atomic E-state index is 13.0. The Hall–Kier alpha value is -2.00. The molecule has 0 aliphatic carbocycles. The number of benzene rings is 2. The van der Waals surface area contributed by atoms with Crippen LogP contribution in [0.25, 0.3) is 0 Å². The van der Waals surface area contributed by atoms with Gasteiger partial charge in [0.25, 0.3) is 0 Å². The molecule has 1 amide bonds. The fourth-order valence-corrected chi connectivity index (χ4v) is 4.33. The minimum atomic E-state index is -3.70. The van der Waals surface area contributed by atoms with Crippen molar-refractivity contribution in [2.24, 2.45) is 5.73 Å². The van der Waals surface area contributed by atoms with E-state index in [-0.39, 0.29) is 49.4 Å². The third-order valence-corrected chi connectivity index (χ3v) is 6.34. The van der Waals surface area contributed by atoms with Gasteiger partial charge in [0.1, 0.15) is 11.9 Å². The molecule has 1 atom stereocenters. The number of nitrogens with two attached hydrogens (primary N) is 1. The van der Waals surface area contributed by atoms with Gasteiger partial charge in [-0.3, -0.25) is 4.79 Å². The van der Waals surface area contributed by atoms with Crippen molar-refractivity contribution in [2.45, 2.75) is 10.9 Å². The molecule has 9 heteroatoms. The number of hydrogen-bond acceptors (Lipinski definition) is 4. The van der Waals surface area contributed by atoms with Crippen molar-refractivity contribution in [3.05, 3.63) is 66.0 Å². The van der Waals surface area contributed by atoms with E-state index in [0.29, 0.717) is 0 Å². The molecular formula is C18H21ClFN3O3S. The van der Waals surface area contributed by atoms with Crippen LogP contribution < -0.4 is 5.73 Å². The lowest BCUT2D eigenvalue weighted by Crippen LogP contribution is -2.52. The largest absolute Gasteiger partial charge is 0.338 e. The van der Waals surface area contributed by atoms with Crippen LogP contribution in [-0.4, -0.2) is 49.7 Å². The zero-order valence-electron chi connectivity index (χ0n) is 14.5. The van der Waals surface area contributed by atoms with Gasteiger partial charge < -0.3 is 10.6 Å². The highest BCUT2D eigenvalue weighted by Gasteiger charge is 2.31. The maximum absolute atomic E-state index is 13.0. The summed E-state index contributed by atoms with van der Waals surface area (Å²) in [6.07, 6.45) is 0. The maximum Gasteiger partial charge on any atom is 0.244 e. The Morgan fingerprint density at radius 1 is 0.963 bits per heavy atom. The van der Waals surface area contributed by atoms with Crippen LogP contribution in [0, 0.1) is 5.82 Å². The quantitative estimate of drug-likeness (QED) is 0.828. The number of amides is 1. The molecule has 2 N–H and O–H groups in total. The lowest BCUT2D eigenvalue weighted by atomic mass is 10.1. The molecule has 0 saturated carbocycles. The van der Waals surface area contributed by atoms with Crippen LogP contribution in [-0.2, 0) is 14.8 Å². The molecule has 27 heavy (non-hydrogen) atoms. The molecule has 2 aromatic carbocycles. The van der Waals surface area contributed by atoms with E-state index in [9.17, 15) is 17.6 Å². The first kappa shape index (κ1) is 21.3. The van der Waals surface area contributed by atoms with E-state index in [0.717, 1.165) is 17.7 Å². The molecule has 0 spiro atoms. The molecule has 1 aliphatic rings. The van der Waals surface area contributed by atoms with Gasteiger partial charge in [-0.2, -0.15) is 4.31 Å². The average molecular weight is 414 g/mol. The summed E-state index contributed by atoms with van der Waals surface area (Å²) in [7, 11) is -3.70. The third-order valence-electron chi connectivity index (χ3n) is 4.43. The monoisotopic (exact) mass is 413 g/mol. The molecule has 1 fully saturated rings. The van der Waals surface area contributed by atoms with Crippen molar-refractivity contribution in [2.75, 3.05) is 26.2 Å². The van der Waals surface area contributed by atoms with Gasteiger partial charge in [0.05, 0.1) is 4.90 Å². The summed E-state index contributed by atoms with van der Waals surface area (Å²) < 4.78 is 39.5. The van der Waals surface area contributed by atoms with Crippen molar-refractivity contribution in [3.8, 4) is 0 Å². The predicted octanol–water partition coefficient (Wildman–Crippen LogP) is 1.78. The smallest absolute Gasteiger partial charge is 0.244 e. The number of carbonyl (C=O) groups excluding carboxylic acids is 1. The fraction of sp³-hybridized carbons (Fsp3) is 0.278. The van der Waals surface area contributed by atoms with E-state index >= 15 is 0 Å². The summed E-state index contributed by atoms with van der Waals surface area (Å²) in [6.45, 7) is 0.875. The van der Waals surface area contributed by atoms with Crippen LogP contribution in [0.3, 0.4) is 0 Å². The topological polar surface area (TPSA) is 83.7 Å². The van der Waals surface area contributed by atoms with Gasteiger partial charge in [0, 0.05) is 26.2 Å². The highest BCUT2D eigenvalue weighted by Crippen LogP contribution is 2.20. The third kappa shape index (κ3) is 4.65. The van der Waals surface area contributed by atoms with Crippen molar-refractivity contribution in [3.63, 3.8) is 0 Å². The first-order valence-electron chi connectivity index (χ1n) is 8.24. The summed E-state index contributed by atoms with van der Waals surface area (Å²) in [5.74, 6) is -0.718. The van der Waals surface area contributed by atoms with E-state index in [1.807, 2.05) is 18.2 Å². The molecule has 0 radical (unpaired) electrons. The van der Waals surface area contributed by atoms with Gasteiger partial charge >= 0.3 is 0 Å². The standard InChI is InChI=1S/C18H20FN3O3S.ClH/c19-15-6-8-16(9-7-15)26(24,25)22-12-10-21(11-13-22)18(23)17(20)14-4-2-1-3-5-14;/h1-9,17H,10-13,20H2;1H. The average Bonchev–Trinajstić information content (AvgIpc) is 2.68. The van der Waals surface area contributed by atoms with Gasteiger partial charge in [0.15, 0.2) is 0 Å². The zero-order chi connectivity index (χ0) is 18.7. The first-order chi connectivity index (χ1) is 12.4. The predicted molar refractivity (Wildman–Crippen MR) is 102 cm³/mol. The summed E-state index contributed by atoms with van der Waals surface area (Å²) in [4.78, 5) is 14.2. The van der Waals surface area contributed by atoms with Crippen LogP contribution >= 0.6 is 12.4 Å². The summed E-state index contributed by atoms with van der Waals surface area (Å²) >= 11 is 0. The Kier molecular flexibility index (Phi) is 6.94. The lowest BCUT2D eigenvalue weighted by molar-refractivity contribution is -0.133. The molecule has 1 heterocycles. The Balaban J connectivity index is 0.00000261. The normalized spacial score (nSPS) is 16.4. The zero-order valence-corrected chi connectivity index (χ0v) is 16.1. The highest BCUT2D eigenvalue weighted by atomic mass is 35.5. The Bertz CT molecular complexity index is 870. The number of halogens is 2. The number of nitrogens with zero attached hydrogens (tertiary/aromatic N) is 2. The van der Waals surface area contributed by atoms with Crippen LogP contribution in [0.1, 0.15) is 11.6 Å². The molecule has 0 bridgehead atoms. The second kappa shape index (κ2) is 8.79. The number of rotatable bonds is 4. The summed E-state index contributed by atoms with van der Waals surface area (Å²) in [6, 6.07) is 13.0. The molecule has 6 nitrogen and oxygen atoms in total. The van der Waals surface area contributed by atoms with Gasteiger partial charge in [-0.05, 0) is 29.8 Å². The van der Waals surface area contributed by atoms with E-state index in [2.05, 4.69) is 0 Å². The molecule has 1 unspecified atom stereocenters. The minimum Gasteiger partial charge on any atom is -0.338 e. The van der Waals surface area contributed by atoms with Crippen molar-refractivity contribution >= 4 is 28.3 Å². The molecule has 1 saturated heterocycles.